The van der Waals surface area contributed by atoms with Crippen molar-refractivity contribution in [2.45, 2.75) is 0 Å². The molecule has 1 aromatic heterocycles. The van der Waals surface area contributed by atoms with Crippen molar-refractivity contribution >= 4 is 34.6 Å². The molecule has 0 aliphatic rings. The minimum atomic E-state index is 0.499. The van der Waals surface area contributed by atoms with Crippen molar-refractivity contribution in [3.63, 3.8) is 0 Å². The van der Waals surface area contributed by atoms with Crippen LogP contribution in [0.4, 0.5) is 11.7 Å². The van der Waals surface area contributed by atoms with E-state index in [1.807, 2.05) is 12.1 Å². The molecule has 0 saturated carbocycles. The summed E-state index contributed by atoms with van der Waals surface area (Å²) in [5, 5.41) is 3.10. The van der Waals surface area contributed by atoms with Crippen LogP contribution in [0.2, 0.25) is 0 Å². The number of thioether (sulfide) groups is 1. The standard InChI is InChI=1S/C12H13N3OS/c1-2-7-17-8-6-14-12-15-11-9(13)4-3-5-10(11)16-12/h1,3-5H,6-8,13H2,(H,14,15). The summed E-state index contributed by atoms with van der Waals surface area (Å²) >= 11 is 1.69. The van der Waals surface area contributed by atoms with Crippen molar-refractivity contribution in [3.05, 3.63) is 18.2 Å². The van der Waals surface area contributed by atoms with Gasteiger partial charge in [0, 0.05) is 12.3 Å². The highest BCUT2D eigenvalue weighted by molar-refractivity contribution is 7.99. The third kappa shape index (κ3) is 2.86. The minimum absolute atomic E-state index is 0.499. The lowest BCUT2D eigenvalue weighted by Gasteiger charge is -1.98. The van der Waals surface area contributed by atoms with E-state index in [1.165, 1.54) is 0 Å². The molecule has 0 aliphatic heterocycles. The molecule has 1 aromatic carbocycles. The zero-order chi connectivity index (χ0) is 12.1. The Morgan fingerprint density at radius 2 is 2.41 bits per heavy atom. The van der Waals surface area contributed by atoms with Crippen LogP contribution in [0.25, 0.3) is 11.1 Å². The van der Waals surface area contributed by atoms with E-state index in [2.05, 4.69) is 16.2 Å². The second-order valence-electron chi connectivity index (χ2n) is 3.40. The van der Waals surface area contributed by atoms with Gasteiger partial charge >= 0.3 is 0 Å². The third-order valence-electron chi connectivity index (χ3n) is 2.16. The van der Waals surface area contributed by atoms with Crippen LogP contribution >= 0.6 is 11.8 Å². The highest BCUT2D eigenvalue weighted by Gasteiger charge is 2.06. The maximum Gasteiger partial charge on any atom is 0.295 e. The maximum absolute atomic E-state index is 5.79. The molecule has 5 heteroatoms. The van der Waals surface area contributed by atoms with Gasteiger partial charge in [-0.05, 0) is 12.1 Å². The van der Waals surface area contributed by atoms with Crippen molar-refractivity contribution in [1.29, 1.82) is 0 Å². The topological polar surface area (TPSA) is 64.1 Å². The SMILES string of the molecule is C#CCSCCNc1nc2c(N)cccc2o1. The normalized spacial score (nSPS) is 10.3. The molecular formula is C12H13N3OS. The number of anilines is 2. The van der Waals surface area contributed by atoms with Gasteiger partial charge in [-0.1, -0.05) is 12.0 Å². The van der Waals surface area contributed by atoms with Crippen LogP contribution in [0, 0.1) is 12.3 Å². The summed E-state index contributed by atoms with van der Waals surface area (Å²) < 4.78 is 5.50. The van der Waals surface area contributed by atoms with Gasteiger partial charge in [0.15, 0.2) is 5.58 Å². The fourth-order valence-corrected chi connectivity index (χ4v) is 1.92. The molecule has 0 amide bonds. The highest BCUT2D eigenvalue weighted by Crippen LogP contribution is 2.23. The first-order chi connectivity index (χ1) is 8.31. The highest BCUT2D eigenvalue weighted by atomic mass is 32.2. The number of hydrogen-bond donors (Lipinski definition) is 2. The molecule has 0 bridgehead atoms. The number of nitrogens with two attached hydrogens (primary N) is 1. The van der Waals surface area contributed by atoms with Crippen LogP contribution < -0.4 is 11.1 Å². The van der Waals surface area contributed by atoms with Gasteiger partial charge in [-0.25, -0.2) is 0 Å². The van der Waals surface area contributed by atoms with Crippen molar-refractivity contribution in [1.82, 2.24) is 4.98 Å². The first kappa shape index (κ1) is 11.7. The van der Waals surface area contributed by atoms with E-state index in [4.69, 9.17) is 16.6 Å². The van der Waals surface area contributed by atoms with Crippen molar-refractivity contribution in [2.75, 3.05) is 29.1 Å². The van der Waals surface area contributed by atoms with E-state index in [1.54, 1.807) is 17.8 Å². The van der Waals surface area contributed by atoms with E-state index in [-0.39, 0.29) is 0 Å². The summed E-state index contributed by atoms with van der Waals surface area (Å²) in [6.07, 6.45) is 5.15. The quantitative estimate of drug-likeness (QED) is 0.481. The Balaban J connectivity index is 1.96. The molecule has 4 nitrogen and oxygen atoms in total. The number of oxazole rings is 1. The molecule has 2 aromatic rings. The number of para-hydroxylation sites is 1. The second-order valence-corrected chi connectivity index (χ2v) is 4.50. The summed E-state index contributed by atoms with van der Waals surface area (Å²) in [6.45, 7) is 0.763. The lowest BCUT2D eigenvalue weighted by atomic mass is 10.3. The molecule has 0 saturated heterocycles. The summed E-state index contributed by atoms with van der Waals surface area (Å²) in [6, 6.07) is 5.99. The third-order valence-corrected chi connectivity index (χ3v) is 3.02. The van der Waals surface area contributed by atoms with Crippen LogP contribution in [0.3, 0.4) is 0 Å². The van der Waals surface area contributed by atoms with Crippen LogP contribution in [0.15, 0.2) is 22.6 Å². The number of hydrogen-bond acceptors (Lipinski definition) is 5. The number of nitrogen functional groups attached to an aromatic ring is 1. The number of fused-ring (bicyclic) bond motifs is 1. The molecule has 0 aliphatic carbocycles. The first-order valence-corrected chi connectivity index (χ1v) is 6.37. The Morgan fingerprint density at radius 3 is 3.18 bits per heavy atom. The van der Waals surface area contributed by atoms with Crippen LogP contribution in [0.5, 0.6) is 0 Å². The van der Waals surface area contributed by atoms with Gasteiger partial charge in [0.1, 0.15) is 5.52 Å². The second kappa shape index (κ2) is 5.51. The lowest BCUT2D eigenvalue weighted by Crippen LogP contribution is -2.04. The van der Waals surface area contributed by atoms with Crippen LogP contribution in [-0.4, -0.2) is 23.0 Å². The van der Waals surface area contributed by atoms with Gasteiger partial charge in [-0.15, -0.1) is 18.2 Å². The van der Waals surface area contributed by atoms with E-state index < -0.39 is 0 Å². The molecule has 0 fully saturated rings. The molecule has 17 heavy (non-hydrogen) atoms. The Hall–Kier alpha value is -1.80. The predicted molar refractivity (Wildman–Crippen MR) is 73.1 cm³/mol. The Bertz CT molecular complexity index is 544. The Morgan fingerprint density at radius 1 is 1.53 bits per heavy atom. The molecular weight excluding hydrogens is 234 g/mol. The minimum Gasteiger partial charge on any atom is -0.423 e. The zero-order valence-electron chi connectivity index (χ0n) is 9.27. The van der Waals surface area contributed by atoms with Crippen molar-refractivity contribution < 1.29 is 4.42 Å². The molecule has 1 heterocycles. The number of terminal acetylenes is 1. The van der Waals surface area contributed by atoms with Crippen molar-refractivity contribution in [2.24, 2.45) is 0 Å². The fraction of sp³-hybridized carbons (Fsp3) is 0.250. The van der Waals surface area contributed by atoms with E-state index in [0.717, 1.165) is 18.1 Å². The molecule has 0 spiro atoms. The smallest absolute Gasteiger partial charge is 0.295 e. The van der Waals surface area contributed by atoms with Gasteiger partial charge in [0.2, 0.25) is 0 Å². The molecule has 3 N–H and O–H groups in total. The molecule has 2 rings (SSSR count). The van der Waals surface area contributed by atoms with Crippen LogP contribution in [0.1, 0.15) is 0 Å². The number of nitrogens with zero attached hydrogens (tertiary/aromatic N) is 1. The Labute approximate surface area is 104 Å². The summed E-state index contributed by atoms with van der Waals surface area (Å²) in [4.78, 5) is 4.28. The Kier molecular flexibility index (Phi) is 3.78. The van der Waals surface area contributed by atoms with Crippen molar-refractivity contribution in [3.8, 4) is 12.3 Å². The van der Waals surface area contributed by atoms with Gasteiger partial charge < -0.3 is 15.5 Å². The number of rotatable bonds is 5. The first-order valence-electron chi connectivity index (χ1n) is 5.21. The van der Waals surface area contributed by atoms with Gasteiger partial charge in [-0.3, -0.25) is 0 Å². The average Bonchev–Trinajstić information content (AvgIpc) is 2.73. The largest absolute Gasteiger partial charge is 0.423 e. The van der Waals surface area contributed by atoms with E-state index in [9.17, 15) is 0 Å². The molecule has 0 unspecified atom stereocenters. The number of aromatic nitrogens is 1. The summed E-state index contributed by atoms with van der Waals surface area (Å²) in [5.41, 5.74) is 7.81. The molecule has 0 atom stereocenters. The van der Waals surface area contributed by atoms with E-state index >= 15 is 0 Å². The zero-order valence-corrected chi connectivity index (χ0v) is 10.1. The van der Waals surface area contributed by atoms with E-state index in [0.29, 0.717) is 22.8 Å². The maximum atomic E-state index is 5.79. The predicted octanol–water partition coefficient (Wildman–Crippen LogP) is 2.19. The number of nitrogens with one attached hydrogen (secondary N) is 1. The summed E-state index contributed by atoms with van der Waals surface area (Å²) in [7, 11) is 0. The summed E-state index contributed by atoms with van der Waals surface area (Å²) in [5.74, 6) is 4.21. The monoisotopic (exact) mass is 247 g/mol. The molecule has 0 radical (unpaired) electrons. The van der Waals surface area contributed by atoms with Gasteiger partial charge in [-0.2, -0.15) is 4.98 Å². The molecule has 88 valence electrons. The number of benzene rings is 1. The lowest BCUT2D eigenvalue weighted by molar-refractivity contribution is 0.617. The van der Waals surface area contributed by atoms with Gasteiger partial charge in [0.05, 0.1) is 11.4 Å². The average molecular weight is 247 g/mol. The van der Waals surface area contributed by atoms with Crippen LogP contribution in [-0.2, 0) is 0 Å². The van der Waals surface area contributed by atoms with Gasteiger partial charge in [0.25, 0.3) is 6.01 Å². The fourth-order valence-electron chi connectivity index (χ4n) is 1.41.